The van der Waals surface area contributed by atoms with Crippen molar-refractivity contribution in [2.75, 3.05) is 11.4 Å². The number of carbonyl (C=O) groups excluding carboxylic acids is 1. The van der Waals surface area contributed by atoms with E-state index in [-0.39, 0.29) is 11.1 Å². The summed E-state index contributed by atoms with van der Waals surface area (Å²) in [5, 5.41) is 8.93. The Morgan fingerprint density at radius 2 is 1.80 bits per heavy atom. The number of hydrogen-bond donors (Lipinski definition) is 2. The first-order valence-corrected chi connectivity index (χ1v) is 5.85. The largest absolute Gasteiger partial charge is 0.480 e. The fourth-order valence-electron chi connectivity index (χ4n) is 1.72. The third-order valence-electron chi connectivity index (χ3n) is 2.64. The van der Waals surface area contributed by atoms with E-state index in [1.54, 1.807) is 30.3 Å². The highest BCUT2D eigenvalue weighted by atomic mass is 16.4. The second kappa shape index (κ2) is 5.83. The van der Waals surface area contributed by atoms with Crippen LogP contribution in [-0.2, 0) is 4.79 Å². The number of para-hydroxylation sites is 1. The Kier molecular flexibility index (Phi) is 3.95. The summed E-state index contributed by atoms with van der Waals surface area (Å²) in [6.45, 7) is -0.456. The summed E-state index contributed by atoms with van der Waals surface area (Å²) in [6, 6.07) is 11.1. The molecule has 0 saturated carbocycles. The molecule has 1 aromatic carbocycles. The SMILES string of the molecule is O=C(O)CN(C(=O)c1ccc(=O)[nH]c1)c1ccccc1. The molecule has 0 fully saturated rings. The van der Waals surface area contributed by atoms with Crippen molar-refractivity contribution in [2.45, 2.75) is 0 Å². The van der Waals surface area contributed by atoms with Crippen molar-refractivity contribution >= 4 is 17.6 Å². The van der Waals surface area contributed by atoms with E-state index >= 15 is 0 Å². The fourth-order valence-corrected chi connectivity index (χ4v) is 1.72. The predicted octanol–water partition coefficient (Wildman–Crippen LogP) is 1.11. The van der Waals surface area contributed by atoms with Crippen molar-refractivity contribution in [2.24, 2.45) is 0 Å². The van der Waals surface area contributed by atoms with Gasteiger partial charge in [0.05, 0.1) is 5.56 Å². The molecule has 2 N–H and O–H groups in total. The van der Waals surface area contributed by atoms with Crippen LogP contribution in [0.5, 0.6) is 0 Å². The number of anilines is 1. The molecule has 1 amide bonds. The van der Waals surface area contributed by atoms with Crippen molar-refractivity contribution in [1.82, 2.24) is 4.98 Å². The van der Waals surface area contributed by atoms with Crippen LogP contribution in [0.15, 0.2) is 53.5 Å². The molecule has 0 aliphatic rings. The summed E-state index contributed by atoms with van der Waals surface area (Å²) in [5.41, 5.74) is 0.367. The first kappa shape index (κ1) is 13.5. The quantitative estimate of drug-likeness (QED) is 0.872. The molecule has 6 heteroatoms. The lowest BCUT2D eigenvalue weighted by Crippen LogP contribution is -2.36. The highest BCUT2D eigenvalue weighted by Crippen LogP contribution is 2.15. The van der Waals surface area contributed by atoms with Gasteiger partial charge in [-0.15, -0.1) is 0 Å². The van der Waals surface area contributed by atoms with E-state index in [1.165, 1.54) is 18.3 Å². The van der Waals surface area contributed by atoms with Gasteiger partial charge in [-0.3, -0.25) is 19.3 Å². The van der Waals surface area contributed by atoms with Crippen LogP contribution in [0.4, 0.5) is 5.69 Å². The van der Waals surface area contributed by atoms with E-state index < -0.39 is 18.4 Å². The highest BCUT2D eigenvalue weighted by molar-refractivity contribution is 6.07. The minimum atomic E-state index is -1.12. The van der Waals surface area contributed by atoms with Crippen LogP contribution in [0.25, 0.3) is 0 Å². The molecule has 0 bridgehead atoms. The second-order valence-electron chi connectivity index (χ2n) is 4.06. The molecule has 0 atom stereocenters. The Morgan fingerprint density at radius 1 is 1.10 bits per heavy atom. The van der Waals surface area contributed by atoms with E-state index in [1.807, 2.05) is 0 Å². The standard InChI is InChI=1S/C14H12N2O4/c17-12-7-6-10(8-15-12)14(20)16(9-13(18)19)11-4-2-1-3-5-11/h1-8H,9H2,(H,15,17)(H,18,19). The Bertz CT molecular complexity index is 659. The van der Waals surface area contributed by atoms with Gasteiger partial charge in [0, 0.05) is 18.0 Å². The average molecular weight is 272 g/mol. The second-order valence-corrected chi connectivity index (χ2v) is 4.06. The molecule has 0 spiro atoms. The third kappa shape index (κ3) is 3.11. The zero-order valence-corrected chi connectivity index (χ0v) is 10.4. The maximum Gasteiger partial charge on any atom is 0.323 e. The van der Waals surface area contributed by atoms with E-state index in [2.05, 4.69) is 4.98 Å². The Labute approximate surface area is 114 Å². The van der Waals surface area contributed by atoms with Crippen LogP contribution in [-0.4, -0.2) is 28.5 Å². The lowest BCUT2D eigenvalue weighted by atomic mass is 10.2. The third-order valence-corrected chi connectivity index (χ3v) is 2.64. The molecule has 6 nitrogen and oxygen atoms in total. The van der Waals surface area contributed by atoms with E-state index in [4.69, 9.17) is 5.11 Å². The molecule has 0 radical (unpaired) electrons. The van der Waals surface area contributed by atoms with Crippen LogP contribution >= 0.6 is 0 Å². The van der Waals surface area contributed by atoms with Crippen molar-refractivity contribution in [1.29, 1.82) is 0 Å². The average Bonchev–Trinajstić information content (AvgIpc) is 2.45. The normalized spacial score (nSPS) is 10.0. The predicted molar refractivity (Wildman–Crippen MR) is 72.8 cm³/mol. The lowest BCUT2D eigenvalue weighted by molar-refractivity contribution is -0.135. The molecule has 0 unspecified atom stereocenters. The van der Waals surface area contributed by atoms with Gasteiger partial charge in [-0.05, 0) is 18.2 Å². The summed E-state index contributed by atoms with van der Waals surface area (Å²) in [6.07, 6.45) is 1.27. The molecule has 1 aromatic heterocycles. The first-order chi connectivity index (χ1) is 9.58. The number of aromatic amines is 1. The van der Waals surface area contributed by atoms with Gasteiger partial charge in [0.2, 0.25) is 5.56 Å². The van der Waals surface area contributed by atoms with Gasteiger partial charge in [-0.25, -0.2) is 0 Å². The van der Waals surface area contributed by atoms with E-state index in [9.17, 15) is 14.4 Å². The van der Waals surface area contributed by atoms with Gasteiger partial charge >= 0.3 is 5.97 Å². The maximum absolute atomic E-state index is 12.3. The van der Waals surface area contributed by atoms with Crippen LogP contribution in [0, 0.1) is 0 Å². The van der Waals surface area contributed by atoms with Gasteiger partial charge in [0.1, 0.15) is 6.54 Å². The Hall–Kier alpha value is -2.89. The number of pyridine rings is 1. The number of hydrogen-bond acceptors (Lipinski definition) is 3. The molecule has 1 heterocycles. The molecule has 0 saturated heterocycles. The molecule has 2 rings (SSSR count). The van der Waals surface area contributed by atoms with Crippen LogP contribution < -0.4 is 10.5 Å². The van der Waals surface area contributed by atoms with Crippen LogP contribution in [0.2, 0.25) is 0 Å². The molecule has 2 aromatic rings. The smallest absolute Gasteiger partial charge is 0.323 e. The monoisotopic (exact) mass is 272 g/mol. The Balaban J connectivity index is 2.36. The van der Waals surface area contributed by atoms with Gasteiger partial charge < -0.3 is 10.1 Å². The van der Waals surface area contributed by atoms with Gasteiger partial charge in [0.25, 0.3) is 5.91 Å². The number of rotatable bonds is 4. The number of aromatic nitrogens is 1. The number of carboxylic acids is 1. The number of nitrogens with one attached hydrogen (secondary N) is 1. The summed E-state index contributed by atoms with van der Waals surface area (Å²) in [4.78, 5) is 37.8. The highest BCUT2D eigenvalue weighted by Gasteiger charge is 2.20. The summed E-state index contributed by atoms with van der Waals surface area (Å²) < 4.78 is 0. The molecule has 20 heavy (non-hydrogen) atoms. The van der Waals surface area contributed by atoms with E-state index in [0.717, 1.165) is 4.90 Å². The Morgan fingerprint density at radius 3 is 2.35 bits per heavy atom. The number of carboxylic acid groups (broad SMARTS) is 1. The van der Waals surface area contributed by atoms with Crippen molar-refractivity contribution < 1.29 is 14.7 Å². The number of amides is 1. The van der Waals surface area contributed by atoms with Crippen molar-refractivity contribution in [3.63, 3.8) is 0 Å². The summed E-state index contributed by atoms with van der Waals surface area (Å²) in [5.74, 6) is -1.61. The molecule has 0 aliphatic heterocycles. The maximum atomic E-state index is 12.3. The van der Waals surface area contributed by atoms with Crippen molar-refractivity contribution in [3.8, 4) is 0 Å². The van der Waals surface area contributed by atoms with Gasteiger partial charge in [0.15, 0.2) is 0 Å². The van der Waals surface area contributed by atoms with E-state index in [0.29, 0.717) is 5.69 Å². The zero-order valence-electron chi connectivity index (χ0n) is 10.4. The van der Waals surface area contributed by atoms with Crippen molar-refractivity contribution in [3.05, 3.63) is 64.6 Å². The fraction of sp³-hybridized carbons (Fsp3) is 0.0714. The topological polar surface area (TPSA) is 90.5 Å². The first-order valence-electron chi connectivity index (χ1n) is 5.85. The molecule has 0 aliphatic carbocycles. The minimum Gasteiger partial charge on any atom is -0.480 e. The molecular formula is C14H12N2O4. The van der Waals surface area contributed by atoms with Gasteiger partial charge in [-0.2, -0.15) is 0 Å². The molecule has 102 valence electrons. The van der Waals surface area contributed by atoms with Crippen LogP contribution in [0.3, 0.4) is 0 Å². The summed E-state index contributed by atoms with van der Waals surface area (Å²) in [7, 11) is 0. The van der Waals surface area contributed by atoms with Crippen LogP contribution in [0.1, 0.15) is 10.4 Å². The number of aliphatic carboxylic acids is 1. The number of benzene rings is 1. The minimum absolute atomic E-state index is 0.217. The molecular weight excluding hydrogens is 260 g/mol. The number of nitrogens with zero attached hydrogens (tertiary/aromatic N) is 1. The summed E-state index contributed by atoms with van der Waals surface area (Å²) >= 11 is 0. The number of carbonyl (C=O) groups is 2. The zero-order chi connectivity index (χ0) is 14.5. The lowest BCUT2D eigenvalue weighted by Gasteiger charge is -2.20. The number of H-pyrrole nitrogens is 1. The van der Waals surface area contributed by atoms with Gasteiger partial charge in [-0.1, -0.05) is 18.2 Å².